The van der Waals surface area contributed by atoms with Crippen LogP contribution in [0.15, 0.2) is 30.3 Å². The van der Waals surface area contributed by atoms with Crippen molar-refractivity contribution in [1.29, 1.82) is 0 Å². The zero-order valence-electron chi connectivity index (χ0n) is 16.2. The number of nitrogens with one attached hydrogen (secondary N) is 2. The molecule has 0 spiro atoms. The fourth-order valence-corrected chi connectivity index (χ4v) is 2.84. The summed E-state index contributed by atoms with van der Waals surface area (Å²) in [5.41, 5.74) is 2.00. The van der Waals surface area contributed by atoms with Gasteiger partial charge in [-0.3, -0.25) is 9.59 Å². The molecule has 2 rings (SSSR count). The van der Waals surface area contributed by atoms with E-state index in [1.165, 1.54) is 0 Å². The third-order valence-corrected chi connectivity index (χ3v) is 4.27. The molecule has 0 fully saturated rings. The van der Waals surface area contributed by atoms with Gasteiger partial charge in [-0.1, -0.05) is 45.9 Å². The Morgan fingerprint density at radius 2 is 1.36 bits per heavy atom. The minimum atomic E-state index is -1.69. The molecule has 0 aliphatic rings. The molecule has 0 saturated heterocycles. The van der Waals surface area contributed by atoms with E-state index >= 15 is 0 Å². The Bertz CT molecular complexity index is 869. The highest BCUT2D eigenvalue weighted by molar-refractivity contribution is 6.08. The first-order valence-electron chi connectivity index (χ1n) is 8.97. The number of benzene rings is 2. The summed E-state index contributed by atoms with van der Waals surface area (Å²) in [6.45, 7) is 7.97. The van der Waals surface area contributed by atoms with Crippen LogP contribution in [0.5, 0.6) is 0 Å². The Balaban J connectivity index is 2.14. The smallest absolute Gasteiger partial charge is 0.233 e. The monoisotopic (exact) mass is 392 g/mol. The van der Waals surface area contributed by atoms with Crippen molar-refractivity contribution >= 4 is 23.2 Å². The van der Waals surface area contributed by atoms with Gasteiger partial charge in [-0.15, -0.1) is 0 Å². The lowest BCUT2D eigenvalue weighted by molar-refractivity contribution is -0.123. The molecule has 2 N–H and O–H groups in total. The van der Waals surface area contributed by atoms with Crippen LogP contribution in [0.2, 0.25) is 0 Å². The molecule has 4 nitrogen and oxygen atoms in total. The SMILES string of the molecule is CC(C)c1cccc(C(C)C)c1NC(=O)CC(=O)Nc1ccc(F)c(F)c1F. The fourth-order valence-electron chi connectivity index (χ4n) is 2.84. The number of hydrogen-bond acceptors (Lipinski definition) is 2. The van der Waals surface area contributed by atoms with Gasteiger partial charge in [-0.05, 0) is 35.1 Å². The van der Waals surface area contributed by atoms with Crippen LogP contribution in [0.1, 0.15) is 57.1 Å². The maximum Gasteiger partial charge on any atom is 0.233 e. The maximum atomic E-state index is 13.7. The molecule has 0 aromatic heterocycles. The average molecular weight is 392 g/mol. The number of hydrogen-bond donors (Lipinski definition) is 2. The molecule has 2 aromatic carbocycles. The van der Waals surface area contributed by atoms with Crippen LogP contribution in [0.4, 0.5) is 24.5 Å². The lowest BCUT2D eigenvalue weighted by atomic mass is 9.92. The van der Waals surface area contributed by atoms with Crippen molar-refractivity contribution in [2.45, 2.75) is 46.0 Å². The Hall–Kier alpha value is -2.83. The van der Waals surface area contributed by atoms with Gasteiger partial charge in [0.05, 0.1) is 5.69 Å². The third kappa shape index (κ3) is 4.91. The minimum absolute atomic E-state index is 0.152. The molecule has 0 heterocycles. The highest BCUT2D eigenvalue weighted by atomic mass is 19.2. The maximum absolute atomic E-state index is 13.7. The van der Waals surface area contributed by atoms with E-state index in [0.29, 0.717) is 11.8 Å². The summed E-state index contributed by atoms with van der Waals surface area (Å²) in [6.07, 6.45) is -0.595. The van der Waals surface area contributed by atoms with Gasteiger partial charge in [0.25, 0.3) is 0 Å². The van der Waals surface area contributed by atoms with Crippen molar-refractivity contribution in [3.05, 3.63) is 58.9 Å². The molecule has 7 heteroatoms. The first-order chi connectivity index (χ1) is 13.1. The molecule has 0 aliphatic heterocycles. The third-order valence-electron chi connectivity index (χ3n) is 4.27. The van der Waals surface area contributed by atoms with Gasteiger partial charge < -0.3 is 10.6 Å². The Kier molecular flexibility index (Phi) is 6.83. The first kappa shape index (κ1) is 21.5. The van der Waals surface area contributed by atoms with Gasteiger partial charge in [-0.2, -0.15) is 0 Å². The molecule has 0 saturated carbocycles. The van der Waals surface area contributed by atoms with Crippen LogP contribution >= 0.6 is 0 Å². The molecule has 0 bridgehead atoms. The van der Waals surface area contributed by atoms with Crippen molar-refractivity contribution in [1.82, 2.24) is 0 Å². The second-order valence-electron chi connectivity index (χ2n) is 7.12. The van der Waals surface area contributed by atoms with Gasteiger partial charge in [0.15, 0.2) is 17.5 Å². The molecule has 150 valence electrons. The molecule has 0 atom stereocenters. The Morgan fingerprint density at radius 1 is 0.821 bits per heavy atom. The summed E-state index contributed by atoms with van der Waals surface area (Å²) < 4.78 is 39.9. The summed E-state index contributed by atoms with van der Waals surface area (Å²) >= 11 is 0. The Labute approximate surface area is 162 Å². The van der Waals surface area contributed by atoms with Crippen LogP contribution in [-0.4, -0.2) is 11.8 Å². The molecule has 0 unspecified atom stereocenters. The van der Waals surface area contributed by atoms with Gasteiger partial charge >= 0.3 is 0 Å². The zero-order chi connectivity index (χ0) is 21.0. The van der Waals surface area contributed by atoms with Crippen molar-refractivity contribution in [2.24, 2.45) is 0 Å². The number of halogens is 3. The van der Waals surface area contributed by atoms with Crippen LogP contribution in [-0.2, 0) is 9.59 Å². The summed E-state index contributed by atoms with van der Waals surface area (Å²) in [6, 6.07) is 7.32. The largest absolute Gasteiger partial charge is 0.325 e. The molecular formula is C21H23F3N2O2. The lowest BCUT2D eigenvalue weighted by Crippen LogP contribution is -2.23. The second-order valence-corrected chi connectivity index (χ2v) is 7.12. The second kappa shape index (κ2) is 8.91. The molecule has 28 heavy (non-hydrogen) atoms. The summed E-state index contributed by atoms with van der Waals surface area (Å²) in [5.74, 6) is -5.68. The van der Waals surface area contributed by atoms with E-state index in [9.17, 15) is 22.8 Å². The number of rotatable bonds is 6. The summed E-state index contributed by atoms with van der Waals surface area (Å²) in [7, 11) is 0. The van der Waals surface area contributed by atoms with E-state index in [1.807, 2.05) is 45.9 Å². The topological polar surface area (TPSA) is 58.2 Å². The molecule has 2 aromatic rings. The minimum Gasteiger partial charge on any atom is -0.325 e. The van der Waals surface area contributed by atoms with Crippen LogP contribution in [0, 0.1) is 17.5 Å². The highest BCUT2D eigenvalue weighted by Crippen LogP contribution is 2.32. The molecular weight excluding hydrogens is 369 g/mol. The predicted octanol–water partition coefficient (Wildman–Crippen LogP) is 5.32. The molecule has 2 amide bonds. The van der Waals surface area contributed by atoms with Gasteiger partial charge in [-0.25, -0.2) is 13.2 Å². The molecule has 0 aliphatic carbocycles. The van der Waals surface area contributed by atoms with Gasteiger partial charge in [0, 0.05) is 5.69 Å². The normalized spacial score (nSPS) is 11.0. The van der Waals surface area contributed by atoms with E-state index in [2.05, 4.69) is 10.6 Å². The van der Waals surface area contributed by atoms with E-state index < -0.39 is 41.4 Å². The van der Waals surface area contributed by atoms with E-state index in [0.717, 1.165) is 17.2 Å². The van der Waals surface area contributed by atoms with Crippen molar-refractivity contribution in [3.63, 3.8) is 0 Å². The van der Waals surface area contributed by atoms with Gasteiger partial charge in [0.1, 0.15) is 6.42 Å². The number of carbonyl (C=O) groups excluding carboxylic acids is 2. The molecule has 0 radical (unpaired) electrons. The van der Waals surface area contributed by atoms with Crippen LogP contribution in [0.25, 0.3) is 0 Å². The highest BCUT2D eigenvalue weighted by Gasteiger charge is 2.19. The van der Waals surface area contributed by atoms with Crippen LogP contribution in [0.3, 0.4) is 0 Å². The zero-order valence-corrected chi connectivity index (χ0v) is 16.2. The lowest BCUT2D eigenvalue weighted by Gasteiger charge is -2.20. The predicted molar refractivity (Wildman–Crippen MR) is 103 cm³/mol. The van der Waals surface area contributed by atoms with Crippen molar-refractivity contribution in [3.8, 4) is 0 Å². The van der Waals surface area contributed by atoms with E-state index in [-0.39, 0.29) is 11.8 Å². The van der Waals surface area contributed by atoms with E-state index in [4.69, 9.17) is 0 Å². The number of para-hydroxylation sites is 1. The van der Waals surface area contributed by atoms with Crippen molar-refractivity contribution < 1.29 is 22.8 Å². The van der Waals surface area contributed by atoms with E-state index in [1.54, 1.807) is 0 Å². The fraction of sp³-hybridized carbons (Fsp3) is 0.333. The number of carbonyl (C=O) groups is 2. The van der Waals surface area contributed by atoms with Gasteiger partial charge in [0.2, 0.25) is 11.8 Å². The Morgan fingerprint density at radius 3 is 1.89 bits per heavy atom. The summed E-state index contributed by atoms with van der Waals surface area (Å²) in [5, 5.41) is 4.85. The number of anilines is 2. The van der Waals surface area contributed by atoms with Crippen LogP contribution < -0.4 is 10.6 Å². The standard InChI is InChI=1S/C21H23F3N2O2/c1-11(2)13-6-5-7-14(12(3)4)21(13)26-18(28)10-17(27)25-16-9-8-15(22)19(23)20(16)24/h5-9,11-12H,10H2,1-4H3,(H,25,27)(H,26,28). The number of amides is 2. The first-order valence-corrected chi connectivity index (χ1v) is 8.97. The average Bonchev–Trinajstić information content (AvgIpc) is 2.61. The summed E-state index contributed by atoms with van der Waals surface area (Å²) in [4.78, 5) is 24.4. The quantitative estimate of drug-likeness (QED) is 0.516. The van der Waals surface area contributed by atoms with Crippen molar-refractivity contribution in [2.75, 3.05) is 10.6 Å².